The van der Waals surface area contributed by atoms with E-state index in [-0.39, 0.29) is 12.0 Å². The summed E-state index contributed by atoms with van der Waals surface area (Å²) >= 11 is 9.28. The van der Waals surface area contributed by atoms with E-state index < -0.39 is 5.72 Å². The van der Waals surface area contributed by atoms with Gasteiger partial charge in [-0.05, 0) is 68.5 Å². The van der Waals surface area contributed by atoms with Gasteiger partial charge in [-0.25, -0.2) is 0 Å². The van der Waals surface area contributed by atoms with Crippen LogP contribution in [0.4, 0.5) is 5.69 Å². The van der Waals surface area contributed by atoms with Gasteiger partial charge in [-0.3, -0.25) is 4.90 Å². The zero-order valence-corrected chi connectivity index (χ0v) is 17.4. The van der Waals surface area contributed by atoms with Crippen LogP contribution in [0.25, 0.3) is 0 Å². The molecule has 0 amide bonds. The summed E-state index contributed by atoms with van der Waals surface area (Å²) in [6, 6.07) is 14.2. The minimum atomic E-state index is -0.568. The average molecular weight is 433 g/mol. The Morgan fingerprint density at radius 1 is 1.27 bits per heavy atom. The molecule has 4 nitrogen and oxygen atoms in total. The van der Waals surface area contributed by atoms with Crippen LogP contribution in [0.3, 0.4) is 0 Å². The van der Waals surface area contributed by atoms with Crippen molar-refractivity contribution in [3.8, 4) is 11.5 Å². The second kappa shape index (κ2) is 6.43. The van der Waals surface area contributed by atoms with Gasteiger partial charge in [0.1, 0.15) is 11.5 Å². The van der Waals surface area contributed by atoms with Gasteiger partial charge in [-0.2, -0.15) is 0 Å². The first kappa shape index (κ1) is 17.6. The van der Waals surface area contributed by atoms with Crippen LogP contribution in [0.5, 0.6) is 11.5 Å². The Kier molecular flexibility index (Phi) is 4.35. The largest absolute Gasteiger partial charge is 0.494 e. The van der Waals surface area contributed by atoms with Crippen molar-refractivity contribution in [2.75, 3.05) is 11.5 Å². The summed E-state index contributed by atoms with van der Waals surface area (Å²) in [5, 5.41) is 4.19. The maximum atomic E-state index is 6.52. The van der Waals surface area contributed by atoms with Crippen molar-refractivity contribution in [3.05, 3.63) is 52.5 Å². The topological polar surface area (TPSA) is 33.7 Å². The third-order valence-electron chi connectivity index (χ3n) is 5.30. The molecule has 2 heterocycles. The van der Waals surface area contributed by atoms with E-state index in [0.717, 1.165) is 27.2 Å². The third kappa shape index (κ3) is 2.67. The van der Waals surface area contributed by atoms with Gasteiger partial charge in [-0.15, -0.1) is 0 Å². The van der Waals surface area contributed by atoms with Crippen LogP contribution >= 0.6 is 28.1 Å². The highest BCUT2D eigenvalue weighted by Gasteiger charge is 2.53. The van der Waals surface area contributed by atoms with Crippen LogP contribution < -0.4 is 19.7 Å². The molecule has 4 rings (SSSR count). The summed E-state index contributed by atoms with van der Waals surface area (Å²) in [7, 11) is 0. The lowest BCUT2D eigenvalue weighted by atomic mass is 9.80. The Bertz CT molecular complexity index is 857. The first-order chi connectivity index (χ1) is 12.4. The number of benzene rings is 2. The Balaban J connectivity index is 1.76. The molecule has 1 N–H and O–H groups in total. The number of hydrogen-bond acceptors (Lipinski definition) is 3. The molecule has 0 aromatic heterocycles. The zero-order chi connectivity index (χ0) is 18.5. The van der Waals surface area contributed by atoms with Crippen molar-refractivity contribution in [2.45, 2.75) is 32.5 Å². The third-order valence-corrected chi connectivity index (χ3v) is 6.09. The summed E-state index contributed by atoms with van der Waals surface area (Å²) in [5.74, 6) is 1.94. The van der Waals surface area contributed by atoms with E-state index in [2.05, 4.69) is 46.1 Å². The Hall–Kier alpha value is -1.79. The second-order valence-electron chi connectivity index (χ2n) is 6.82. The molecule has 136 valence electrons. The number of anilines is 1. The molecule has 1 fully saturated rings. The van der Waals surface area contributed by atoms with E-state index in [1.165, 1.54) is 0 Å². The molecule has 26 heavy (non-hydrogen) atoms. The van der Waals surface area contributed by atoms with Gasteiger partial charge in [0.05, 0.1) is 12.6 Å². The molecule has 2 bridgehead atoms. The van der Waals surface area contributed by atoms with E-state index in [1.54, 1.807) is 0 Å². The monoisotopic (exact) mass is 432 g/mol. The Morgan fingerprint density at radius 2 is 2.00 bits per heavy atom. The minimum Gasteiger partial charge on any atom is -0.494 e. The predicted octanol–water partition coefficient (Wildman–Crippen LogP) is 5.03. The van der Waals surface area contributed by atoms with Gasteiger partial charge in [0.25, 0.3) is 0 Å². The van der Waals surface area contributed by atoms with Gasteiger partial charge < -0.3 is 14.8 Å². The van der Waals surface area contributed by atoms with Crippen molar-refractivity contribution < 1.29 is 9.47 Å². The van der Waals surface area contributed by atoms with Gasteiger partial charge in [0, 0.05) is 21.6 Å². The highest BCUT2D eigenvalue weighted by molar-refractivity contribution is 9.10. The van der Waals surface area contributed by atoms with Gasteiger partial charge in [-0.1, -0.05) is 22.9 Å². The smallest absolute Gasteiger partial charge is 0.190 e. The second-order valence-corrected chi connectivity index (χ2v) is 8.12. The number of rotatable bonds is 3. The van der Waals surface area contributed by atoms with Crippen LogP contribution in [0, 0.1) is 5.92 Å². The number of halogens is 1. The molecule has 2 aliphatic rings. The molecule has 2 aromatic carbocycles. The zero-order valence-electron chi connectivity index (χ0n) is 15.0. The van der Waals surface area contributed by atoms with Gasteiger partial charge in [0.2, 0.25) is 0 Å². The predicted molar refractivity (Wildman–Crippen MR) is 111 cm³/mol. The standard InChI is InChI=1S/C20H21BrN2O2S/c1-4-24-15-8-6-14(7-9-15)23-19(26)22-18-12(2)20(23,3)25-17-10-5-13(21)11-16(17)18/h5-12,18H,4H2,1-3H3,(H,22,26). The van der Waals surface area contributed by atoms with Gasteiger partial charge >= 0.3 is 0 Å². The molecule has 6 heteroatoms. The number of fused-ring (bicyclic) bond motifs is 4. The highest BCUT2D eigenvalue weighted by atomic mass is 79.9. The summed E-state index contributed by atoms with van der Waals surface area (Å²) in [6.07, 6.45) is 0. The summed E-state index contributed by atoms with van der Waals surface area (Å²) in [5.41, 5.74) is 1.55. The quantitative estimate of drug-likeness (QED) is 0.687. The fourth-order valence-corrected chi connectivity index (χ4v) is 4.62. The van der Waals surface area contributed by atoms with Crippen molar-refractivity contribution in [3.63, 3.8) is 0 Å². The lowest BCUT2D eigenvalue weighted by Gasteiger charge is -2.56. The maximum absolute atomic E-state index is 6.52. The van der Waals surface area contributed by atoms with E-state index >= 15 is 0 Å². The minimum absolute atomic E-state index is 0.118. The number of thiocarbonyl (C=S) groups is 1. The molecular formula is C20H21BrN2O2S. The SMILES string of the molecule is CCOc1ccc(N2C(=S)NC3c4cc(Br)ccc4OC2(C)C3C)cc1. The van der Waals surface area contributed by atoms with Crippen LogP contribution in [0.15, 0.2) is 46.9 Å². The summed E-state index contributed by atoms with van der Waals surface area (Å²) in [4.78, 5) is 2.07. The summed E-state index contributed by atoms with van der Waals surface area (Å²) in [6.45, 7) is 6.94. The highest BCUT2D eigenvalue weighted by Crippen LogP contribution is 2.49. The lowest BCUT2D eigenvalue weighted by molar-refractivity contribution is -0.00321. The molecule has 0 aliphatic carbocycles. The van der Waals surface area contributed by atoms with Crippen LogP contribution in [0.2, 0.25) is 0 Å². The molecule has 2 aromatic rings. The Morgan fingerprint density at radius 3 is 2.69 bits per heavy atom. The number of nitrogens with one attached hydrogen (secondary N) is 1. The average Bonchev–Trinajstić information content (AvgIpc) is 2.60. The van der Waals surface area contributed by atoms with Crippen LogP contribution in [0.1, 0.15) is 32.4 Å². The molecule has 0 radical (unpaired) electrons. The maximum Gasteiger partial charge on any atom is 0.190 e. The van der Waals surface area contributed by atoms with Crippen LogP contribution in [-0.2, 0) is 0 Å². The molecular weight excluding hydrogens is 412 g/mol. The molecule has 3 unspecified atom stereocenters. The molecule has 3 atom stereocenters. The van der Waals surface area contributed by atoms with Crippen molar-refractivity contribution in [1.29, 1.82) is 0 Å². The van der Waals surface area contributed by atoms with Crippen molar-refractivity contribution in [1.82, 2.24) is 5.32 Å². The first-order valence-electron chi connectivity index (χ1n) is 8.76. The summed E-state index contributed by atoms with van der Waals surface area (Å²) < 4.78 is 13.1. The Labute approximate surface area is 167 Å². The van der Waals surface area contributed by atoms with E-state index in [0.29, 0.717) is 11.7 Å². The number of hydrogen-bond donors (Lipinski definition) is 1. The van der Waals surface area contributed by atoms with Gasteiger partial charge in [0.15, 0.2) is 10.8 Å². The normalized spacial score (nSPS) is 26.6. The lowest BCUT2D eigenvalue weighted by Crippen LogP contribution is -2.69. The van der Waals surface area contributed by atoms with Crippen molar-refractivity contribution >= 4 is 38.9 Å². The number of nitrogens with zero attached hydrogens (tertiary/aromatic N) is 1. The fraction of sp³-hybridized carbons (Fsp3) is 0.350. The molecule has 1 saturated heterocycles. The molecule has 0 saturated carbocycles. The van der Waals surface area contributed by atoms with E-state index in [4.69, 9.17) is 21.7 Å². The van der Waals surface area contributed by atoms with E-state index in [9.17, 15) is 0 Å². The van der Waals surface area contributed by atoms with Crippen molar-refractivity contribution in [2.24, 2.45) is 5.92 Å². The molecule has 0 spiro atoms. The first-order valence-corrected chi connectivity index (χ1v) is 9.96. The fourth-order valence-electron chi connectivity index (χ4n) is 3.83. The number of ether oxygens (including phenoxy) is 2. The van der Waals surface area contributed by atoms with E-state index in [1.807, 2.05) is 43.3 Å². The molecule has 2 aliphatic heterocycles. The van der Waals surface area contributed by atoms with Crippen LogP contribution in [-0.4, -0.2) is 17.4 Å².